The van der Waals surface area contributed by atoms with Crippen molar-refractivity contribution in [3.63, 3.8) is 0 Å². The Bertz CT molecular complexity index is 1380. The van der Waals surface area contributed by atoms with Crippen LogP contribution in [0, 0.1) is 6.92 Å². The van der Waals surface area contributed by atoms with Crippen molar-refractivity contribution >= 4 is 28.7 Å². The summed E-state index contributed by atoms with van der Waals surface area (Å²) in [6, 6.07) is 17.5. The summed E-state index contributed by atoms with van der Waals surface area (Å²) < 4.78 is 5.67. The summed E-state index contributed by atoms with van der Waals surface area (Å²) >= 11 is 5.51. The molecule has 1 aliphatic rings. The van der Waals surface area contributed by atoms with E-state index in [0.717, 1.165) is 53.7 Å². The number of anilines is 2. The van der Waals surface area contributed by atoms with Crippen molar-refractivity contribution in [2.45, 2.75) is 39.2 Å². The van der Waals surface area contributed by atoms with Gasteiger partial charge in [0.25, 0.3) is 5.56 Å². The predicted molar refractivity (Wildman–Crippen MR) is 139 cm³/mol. The number of aromatic nitrogens is 5. The molecule has 8 nitrogen and oxygen atoms in total. The minimum Gasteiger partial charge on any atom is -0.332 e. The molecule has 3 heterocycles. The van der Waals surface area contributed by atoms with E-state index in [1.54, 1.807) is 4.68 Å². The maximum absolute atomic E-state index is 13.1. The molecule has 0 saturated heterocycles. The minimum atomic E-state index is -0.154. The first-order valence-corrected chi connectivity index (χ1v) is 11.9. The van der Waals surface area contributed by atoms with E-state index in [1.807, 2.05) is 73.3 Å². The van der Waals surface area contributed by atoms with Gasteiger partial charge in [-0.15, -0.1) is 10.2 Å². The van der Waals surface area contributed by atoms with E-state index in [9.17, 15) is 4.79 Å². The topological polar surface area (TPSA) is 81.7 Å². The van der Waals surface area contributed by atoms with Gasteiger partial charge in [0.05, 0.1) is 11.4 Å². The number of benzene rings is 2. The van der Waals surface area contributed by atoms with Crippen molar-refractivity contribution in [1.29, 1.82) is 0 Å². The number of aryl methyl sites for hydroxylation is 1. The molecule has 0 unspecified atom stereocenters. The van der Waals surface area contributed by atoms with E-state index in [1.165, 1.54) is 12.8 Å². The van der Waals surface area contributed by atoms with Gasteiger partial charge in [-0.05, 0) is 68.4 Å². The lowest BCUT2D eigenvalue weighted by atomic mass is 10.2. The number of thiocarbonyl (C=S) groups is 1. The van der Waals surface area contributed by atoms with E-state index in [2.05, 4.69) is 25.4 Å². The Kier molecular flexibility index (Phi) is 6.02. The molecule has 4 aromatic rings. The van der Waals surface area contributed by atoms with E-state index in [-0.39, 0.29) is 5.56 Å². The van der Waals surface area contributed by atoms with E-state index in [0.29, 0.717) is 10.8 Å². The fourth-order valence-electron chi connectivity index (χ4n) is 4.39. The van der Waals surface area contributed by atoms with Crippen molar-refractivity contribution in [3.05, 3.63) is 76.5 Å². The molecule has 0 spiro atoms. The van der Waals surface area contributed by atoms with Gasteiger partial charge in [-0.1, -0.05) is 24.6 Å². The van der Waals surface area contributed by atoms with Gasteiger partial charge in [0.2, 0.25) is 0 Å². The summed E-state index contributed by atoms with van der Waals surface area (Å²) in [6.45, 7) is 2.85. The largest absolute Gasteiger partial charge is 0.332 e. The molecule has 0 saturated carbocycles. The third-order valence-corrected chi connectivity index (χ3v) is 6.51. The quantitative estimate of drug-likeness (QED) is 0.431. The normalized spacial score (nSPS) is 13.2. The molecule has 2 aromatic carbocycles. The van der Waals surface area contributed by atoms with Crippen molar-refractivity contribution in [2.75, 3.05) is 10.6 Å². The van der Waals surface area contributed by atoms with Crippen LogP contribution in [0.1, 0.15) is 30.8 Å². The number of rotatable bonds is 4. The summed E-state index contributed by atoms with van der Waals surface area (Å²) in [7, 11) is 1.86. The van der Waals surface area contributed by atoms with Crippen molar-refractivity contribution in [3.8, 4) is 17.1 Å². The highest BCUT2D eigenvalue weighted by Crippen LogP contribution is 2.24. The van der Waals surface area contributed by atoms with Crippen LogP contribution in [0.4, 0.5) is 11.4 Å². The summed E-state index contributed by atoms with van der Waals surface area (Å²) in [6.07, 6.45) is 4.54. The van der Waals surface area contributed by atoms with Gasteiger partial charge in [0.1, 0.15) is 11.5 Å². The second-order valence-corrected chi connectivity index (χ2v) is 8.90. The molecule has 2 N–H and O–H groups in total. The minimum absolute atomic E-state index is 0.154. The summed E-state index contributed by atoms with van der Waals surface area (Å²) in [5, 5.41) is 15.4. The number of nitrogens with zero attached hydrogens (tertiary/aromatic N) is 5. The number of nitrogens with one attached hydrogen (secondary N) is 2. The van der Waals surface area contributed by atoms with Crippen LogP contribution in [0.15, 0.2) is 59.4 Å². The Morgan fingerprint density at radius 3 is 2.50 bits per heavy atom. The van der Waals surface area contributed by atoms with Crippen molar-refractivity contribution in [2.24, 2.45) is 7.05 Å². The first kappa shape index (κ1) is 22.1. The second-order valence-electron chi connectivity index (χ2n) is 8.50. The molecule has 0 amide bonds. The Morgan fingerprint density at radius 2 is 1.74 bits per heavy atom. The summed E-state index contributed by atoms with van der Waals surface area (Å²) in [5.74, 6) is 1.98. The Hall–Kier alpha value is -3.72. The summed E-state index contributed by atoms with van der Waals surface area (Å²) in [5.41, 5.74) is 3.74. The lowest BCUT2D eigenvalue weighted by molar-refractivity contribution is 0.630. The molecule has 0 fully saturated rings. The van der Waals surface area contributed by atoms with Gasteiger partial charge in [0.15, 0.2) is 10.9 Å². The zero-order chi connectivity index (χ0) is 23.7. The van der Waals surface area contributed by atoms with E-state index in [4.69, 9.17) is 12.2 Å². The molecule has 0 atom stereocenters. The zero-order valence-electron chi connectivity index (χ0n) is 19.3. The third kappa shape index (κ3) is 4.14. The Balaban J connectivity index is 1.32. The molecule has 0 radical (unpaired) electrons. The van der Waals surface area contributed by atoms with Crippen LogP contribution in [0.25, 0.3) is 17.1 Å². The van der Waals surface area contributed by atoms with Crippen molar-refractivity contribution < 1.29 is 0 Å². The molecule has 2 aromatic heterocycles. The molecular weight excluding hydrogens is 446 g/mol. The highest BCUT2D eigenvalue weighted by Gasteiger charge is 2.18. The lowest BCUT2D eigenvalue weighted by Gasteiger charge is -2.11. The maximum Gasteiger partial charge on any atom is 0.295 e. The van der Waals surface area contributed by atoms with Crippen LogP contribution < -0.4 is 16.2 Å². The van der Waals surface area contributed by atoms with Gasteiger partial charge >= 0.3 is 0 Å². The highest BCUT2D eigenvalue weighted by atomic mass is 32.1. The number of hydrogen-bond acceptors (Lipinski definition) is 4. The van der Waals surface area contributed by atoms with Gasteiger partial charge in [-0.3, -0.25) is 9.48 Å². The van der Waals surface area contributed by atoms with Gasteiger partial charge in [0, 0.05) is 31.3 Å². The van der Waals surface area contributed by atoms with E-state index < -0.39 is 0 Å². The van der Waals surface area contributed by atoms with Gasteiger partial charge < -0.3 is 15.2 Å². The van der Waals surface area contributed by atoms with E-state index >= 15 is 0 Å². The van der Waals surface area contributed by atoms with Crippen LogP contribution in [-0.2, 0) is 20.0 Å². The third-order valence-electron chi connectivity index (χ3n) is 6.30. The van der Waals surface area contributed by atoms with Crippen LogP contribution in [0.3, 0.4) is 0 Å². The van der Waals surface area contributed by atoms with Crippen LogP contribution in [-0.4, -0.2) is 29.2 Å². The number of para-hydroxylation sites is 1. The lowest BCUT2D eigenvalue weighted by Crippen LogP contribution is -2.25. The van der Waals surface area contributed by atoms with Crippen LogP contribution in [0.5, 0.6) is 0 Å². The fraction of sp³-hybridized carbons (Fsp3) is 0.280. The fourth-order valence-corrected chi connectivity index (χ4v) is 4.61. The monoisotopic (exact) mass is 473 g/mol. The first-order valence-electron chi connectivity index (χ1n) is 11.5. The first-order chi connectivity index (χ1) is 16.5. The molecule has 174 valence electrons. The average molecular weight is 474 g/mol. The molecule has 1 aliphatic heterocycles. The molecule has 5 rings (SSSR count). The average Bonchev–Trinajstić information content (AvgIpc) is 3.22. The van der Waals surface area contributed by atoms with Crippen LogP contribution in [0.2, 0.25) is 0 Å². The Labute approximate surface area is 203 Å². The highest BCUT2D eigenvalue weighted by molar-refractivity contribution is 7.80. The zero-order valence-corrected chi connectivity index (χ0v) is 20.1. The SMILES string of the molecule is Cc1c(NC(=S)Nc2ccc(-c3nnc4n3CCCCC4)cc2)c(=O)n(-c2ccccc2)n1C. The van der Waals surface area contributed by atoms with Crippen LogP contribution >= 0.6 is 12.2 Å². The number of fused-ring (bicyclic) bond motifs is 1. The molecule has 9 heteroatoms. The second kappa shape index (κ2) is 9.26. The smallest absolute Gasteiger partial charge is 0.295 e. The standard InChI is InChI=1S/C25H27N7OS/c1-17-22(24(33)32(30(17)2)20-9-5-3-6-10-20)27-25(34)26-19-14-12-18(13-15-19)23-29-28-21-11-7-4-8-16-31(21)23/h3,5-6,9-10,12-15H,4,7-8,11,16H2,1-2H3,(H2,26,27,34). The maximum atomic E-state index is 13.1. The van der Waals surface area contributed by atoms with Gasteiger partial charge in [-0.25, -0.2) is 4.68 Å². The predicted octanol–water partition coefficient (Wildman–Crippen LogP) is 4.28. The molecule has 34 heavy (non-hydrogen) atoms. The summed E-state index contributed by atoms with van der Waals surface area (Å²) in [4.78, 5) is 13.1. The number of hydrogen-bond donors (Lipinski definition) is 2. The van der Waals surface area contributed by atoms with Crippen molar-refractivity contribution in [1.82, 2.24) is 24.1 Å². The van der Waals surface area contributed by atoms with Gasteiger partial charge in [-0.2, -0.15) is 0 Å². The Morgan fingerprint density at radius 1 is 0.971 bits per heavy atom. The molecule has 0 aliphatic carbocycles. The molecule has 0 bridgehead atoms. The molecular formula is C25H27N7OS.